The normalized spacial score (nSPS) is 33.1. The van der Waals surface area contributed by atoms with Crippen molar-refractivity contribution in [1.29, 1.82) is 5.26 Å². The summed E-state index contributed by atoms with van der Waals surface area (Å²) in [6.45, 7) is 20.4. The maximum absolute atomic E-state index is 10.4. The molecule has 212 valence electrons. The van der Waals surface area contributed by atoms with Crippen LogP contribution < -0.4 is 4.46 Å². The fraction of sp³-hybridized carbons (Fsp3) is 0.606. The average Bonchev–Trinajstić information content (AvgIpc) is 3.29. The molecule has 0 N–H and O–H groups in total. The second-order valence-corrected chi connectivity index (χ2v) is 20.8. The van der Waals surface area contributed by atoms with Gasteiger partial charge in [0, 0.05) is 0 Å². The molecular formula is C33H47NO3SeSi. The van der Waals surface area contributed by atoms with Crippen molar-refractivity contribution in [3.05, 3.63) is 65.8 Å². The van der Waals surface area contributed by atoms with Gasteiger partial charge in [-0.25, -0.2) is 0 Å². The Bertz CT molecular complexity index is 1150. The standard InChI is InChI=1S/C33H47NO3SeSi/c1-22(2)30-27-18-23(3)33(36-31(27)35-7,38-26-15-11-10-12-16-26)28(30)20-24(21-34)19-25-14-13-17-29(25)37-39(8,9)32(4,5)6/h10-12,14-16,20,23,27-31H,1,13,17-19H2,2-9H3/b24-20+/t23-,27-,28+,29+,30-,31+,33?/m1/s1. The summed E-state index contributed by atoms with van der Waals surface area (Å²) in [6, 6.07) is 13.3. The molecule has 3 fully saturated rings. The van der Waals surface area contributed by atoms with Gasteiger partial charge in [-0.3, -0.25) is 0 Å². The maximum atomic E-state index is 10.4. The van der Waals surface area contributed by atoms with Crippen LogP contribution in [0.5, 0.6) is 0 Å². The first kappa shape index (κ1) is 30.5. The molecule has 7 atom stereocenters. The number of nitrogens with zero attached hydrogens (tertiary/aromatic N) is 1. The first-order valence-electron chi connectivity index (χ1n) is 14.4. The Hall–Kier alpha value is -1.45. The zero-order valence-electron chi connectivity index (χ0n) is 25.1. The van der Waals surface area contributed by atoms with E-state index in [0.717, 1.165) is 30.4 Å². The van der Waals surface area contributed by atoms with Crippen molar-refractivity contribution in [3.63, 3.8) is 0 Å². The number of fused-ring (bicyclic) bond motifs is 3. The predicted octanol–water partition coefficient (Wildman–Crippen LogP) is 7.13. The molecular weight excluding hydrogens is 565 g/mol. The summed E-state index contributed by atoms with van der Waals surface area (Å²) in [5.74, 6) is 0.876. The van der Waals surface area contributed by atoms with Gasteiger partial charge in [-0.2, -0.15) is 0 Å². The summed E-state index contributed by atoms with van der Waals surface area (Å²) in [4.78, 5) is 0. The zero-order valence-corrected chi connectivity index (χ0v) is 27.8. The number of allylic oxidation sites excluding steroid dienone is 3. The van der Waals surface area contributed by atoms with Gasteiger partial charge >= 0.3 is 245 Å². The van der Waals surface area contributed by atoms with Crippen LogP contribution in [0.3, 0.4) is 0 Å². The van der Waals surface area contributed by atoms with E-state index in [-0.39, 0.29) is 50.1 Å². The van der Waals surface area contributed by atoms with Gasteiger partial charge in [0.05, 0.1) is 0 Å². The monoisotopic (exact) mass is 613 g/mol. The van der Waals surface area contributed by atoms with E-state index in [9.17, 15) is 5.26 Å². The number of methoxy groups -OCH3 is 1. The van der Waals surface area contributed by atoms with Gasteiger partial charge in [0.25, 0.3) is 0 Å². The fourth-order valence-corrected chi connectivity index (χ4v) is 10.8. The predicted molar refractivity (Wildman–Crippen MR) is 163 cm³/mol. The molecule has 1 unspecified atom stereocenters. The number of benzene rings is 1. The van der Waals surface area contributed by atoms with Gasteiger partial charge in [0.2, 0.25) is 0 Å². The van der Waals surface area contributed by atoms with Crippen molar-refractivity contribution in [2.24, 2.45) is 23.7 Å². The minimum atomic E-state index is -1.91. The van der Waals surface area contributed by atoms with Gasteiger partial charge in [0.15, 0.2) is 0 Å². The van der Waals surface area contributed by atoms with Crippen LogP contribution in [-0.4, -0.2) is 47.3 Å². The van der Waals surface area contributed by atoms with E-state index >= 15 is 0 Å². The number of rotatable bonds is 9. The van der Waals surface area contributed by atoms with Gasteiger partial charge < -0.3 is 0 Å². The molecule has 0 amide bonds. The van der Waals surface area contributed by atoms with Gasteiger partial charge in [0.1, 0.15) is 0 Å². The van der Waals surface area contributed by atoms with E-state index in [0.29, 0.717) is 12.3 Å². The second kappa shape index (κ2) is 11.8. The van der Waals surface area contributed by atoms with E-state index < -0.39 is 12.8 Å². The molecule has 1 saturated carbocycles. The quantitative estimate of drug-likeness (QED) is 0.169. The number of nitriles is 1. The zero-order chi connectivity index (χ0) is 28.6. The van der Waals surface area contributed by atoms with Gasteiger partial charge in [-0.1, -0.05) is 0 Å². The van der Waals surface area contributed by atoms with Crippen LogP contribution in [0.15, 0.2) is 65.8 Å². The van der Waals surface area contributed by atoms with E-state index in [2.05, 4.69) is 103 Å². The molecule has 6 heteroatoms. The Balaban J connectivity index is 1.69. The Morgan fingerprint density at radius 2 is 1.97 bits per heavy atom. The molecule has 1 aromatic carbocycles. The van der Waals surface area contributed by atoms with Crippen LogP contribution in [0.4, 0.5) is 0 Å². The van der Waals surface area contributed by atoms with Crippen molar-refractivity contribution in [1.82, 2.24) is 0 Å². The summed E-state index contributed by atoms with van der Waals surface area (Å²) in [7, 11) is -0.156. The van der Waals surface area contributed by atoms with Crippen LogP contribution >= 0.6 is 0 Å². The van der Waals surface area contributed by atoms with E-state index in [1.807, 2.05) is 0 Å². The van der Waals surface area contributed by atoms with Crippen LogP contribution in [-0.2, 0) is 13.9 Å². The molecule has 39 heavy (non-hydrogen) atoms. The topological polar surface area (TPSA) is 51.5 Å². The van der Waals surface area contributed by atoms with Crippen molar-refractivity contribution >= 4 is 27.7 Å². The third-order valence-corrected chi connectivity index (χ3v) is 17.3. The van der Waals surface area contributed by atoms with Crippen LogP contribution in [0.1, 0.15) is 60.3 Å². The molecule has 0 radical (unpaired) electrons. The minimum absolute atomic E-state index is 0.0336. The molecule has 4 aliphatic rings. The summed E-state index contributed by atoms with van der Waals surface area (Å²) in [5.41, 5.74) is 3.25. The average molecular weight is 613 g/mol. The summed E-state index contributed by atoms with van der Waals surface area (Å²) in [5, 5.41) is 10.6. The van der Waals surface area contributed by atoms with Crippen molar-refractivity contribution in [3.8, 4) is 6.07 Å². The van der Waals surface area contributed by atoms with Crippen LogP contribution in [0.25, 0.3) is 0 Å². The van der Waals surface area contributed by atoms with E-state index in [1.165, 1.54) is 10.0 Å². The van der Waals surface area contributed by atoms with Crippen LogP contribution in [0.2, 0.25) is 18.1 Å². The summed E-state index contributed by atoms with van der Waals surface area (Å²) >= 11 is 0.0336. The van der Waals surface area contributed by atoms with Crippen molar-refractivity contribution in [2.75, 3.05) is 7.11 Å². The molecule has 4 nitrogen and oxygen atoms in total. The van der Waals surface area contributed by atoms with Crippen LogP contribution in [0, 0.1) is 35.0 Å². The Morgan fingerprint density at radius 3 is 2.56 bits per heavy atom. The Labute approximate surface area is 244 Å². The molecule has 2 aliphatic heterocycles. The summed E-state index contributed by atoms with van der Waals surface area (Å²) < 4.78 is 20.6. The molecule has 1 aromatic rings. The summed E-state index contributed by atoms with van der Waals surface area (Å²) in [6.07, 6.45) is 8.17. The molecule has 2 aliphatic carbocycles. The first-order valence-corrected chi connectivity index (χ1v) is 19.0. The molecule has 2 bridgehead atoms. The van der Waals surface area contributed by atoms with Gasteiger partial charge in [-0.15, -0.1) is 0 Å². The molecule has 0 spiro atoms. The molecule has 0 aromatic heterocycles. The Kier molecular flexibility index (Phi) is 9.23. The fourth-order valence-electron chi connectivity index (χ4n) is 6.45. The van der Waals surface area contributed by atoms with E-state index in [1.54, 1.807) is 7.11 Å². The third-order valence-electron chi connectivity index (χ3n) is 9.51. The molecule has 2 saturated heterocycles. The van der Waals surface area contributed by atoms with Crippen molar-refractivity contribution in [2.45, 2.75) is 95.3 Å². The Morgan fingerprint density at radius 1 is 1.28 bits per heavy atom. The third kappa shape index (κ3) is 6.10. The molecule has 2 heterocycles. The SMILES string of the molecule is C=C(C)[C@@H]1[C@H]2C[C@@H](C)C([Se]c3ccccc3)(O[C@@H]2OC)[C@H]1/C=C(/C#N)CC1=CCC[C@@H]1O[Si](C)(C)C(C)(C)C. The molecule has 5 rings (SSSR count). The number of hydrogen-bond acceptors (Lipinski definition) is 4. The first-order chi connectivity index (χ1) is 18.3. The number of ether oxygens (including phenoxy) is 2. The number of hydrogen-bond donors (Lipinski definition) is 0. The second-order valence-electron chi connectivity index (χ2n) is 13.3. The van der Waals surface area contributed by atoms with E-state index in [4.69, 9.17) is 13.9 Å². The van der Waals surface area contributed by atoms with Crippen molar-refractivity contribution < 1.29 is 13.9 Å². The van der Waals surface area contributed by atoms with Gasteiger partial charge in [-0.05, 0) is 0 Å².